The lowest BCUT2D eigenvalue weighted by Crippen LogP contribution is -2.59. The summed E-state index contributed by atoms with van der Waals surface area (Å²) in [6.07, 6.45) is -0.807. The van der Waals surface area contributed by atoms with E-state index in [0.717, 1.165) is 0 Å². The van der Waals surface area contributed by atoms with Gasteiger partial charge in [0.05, 0.1) is 37.4 Å². The van der Waals surface area contributed by atoms with Gasteiger partial charge in [0.15, 0.2) is 33.3 Å². The molecule has 1 aliphatic heterocycles. The SMILES string of the molecule is COC(=O)[C@@H]1CS[C@H]([C@H](O[Si](C)(C)C)[C@@H](O[Si](C)(C)C)[C@@H](CO[Si](C)(C)C)O[Si](C)(C)C)N1. The van der Waals surface area contributed by atoms with Gasteiger partial charge in [0.25, 0.3) is 0 Å². The molecule has 0 aromatic rings. The van der Waals surface area contributed by atoms with Gasteiger partial charge in [-0.15, -0.1) is 11.8 Å². The summed E-state index contributed by atoms with van der Waals surface area (Å²) in [6, 6.07) is -0.347. The van der Waals surface area contributed by atoms with E-state index in [1.807, 2.05) is 0 Å². The van der Waals surface area contributed by atoms with Gasteiger partial charge < -0.3 is 22.4 Å². The fourth-order valence-corrected chi connectivity index (χ4v) is 8.77. The van der Waals surface area contributed by atoms with Crippen LogP contribution in [0.5, 0.6) is 0 Å². The van der Waals surface area contributed by atoms with Crippen molar-refractivity contribution in [3.8, 4) is 0 Å². The molecule has 0 saturated carbocycles. The fraction of sp³-hybridized carbons (Fsp3) is 0.952. The van der Waals surface area contributed by atoms with E-state index in [9.17, 15) is 4.79 Å². The summed E-state index contributed by atoms with van der Waals surface area (Å²) in [5.74, 6) is 0.407. The topological polar surface area (TPSA) is 75.3 Å². The van der Waals surface area contributed by atoms with Crippen LogP contribution in [0, 0.1) is 0 Å². The van der Waals surface area contributed by atoms with Gasteiger partial charge in [-0.2, -0.15) is 0 Å². The fourth-order valence-electron chi connectivity index (χ4n) is 3.42. The average molecular weight is 556 g/mol. The number of hydrogen-bond acceptors (Lipinski definition) is 8. The van der Waals surface area contributed by atoms with Gasteiger partial charge in [-0.3, -0.25) is 10.1 Å². The quantitative estimate of drug-likeness (QED) is 0.259. The Kier molecular flexibility index (Phi) is 11.6. The van der Waals surface area contributed by atoms with Crippen LogP contribution in [0.3, 0.4) is 0 Å². The molecule has 0 aromatic carbocycles. The van der Waals surface area contributed by atoms with Crippen molar-refractivity contribution >= 4 is 51.0 Å². The number of thioether (sulfide) groups is 1. The molecule has 1 aliphatic rings. The van der Waals surface area contributed by atoms with E-state index < -0.39 is 33.3 Å². The first-order valence-electron chi connectivity index (χ1n) is 11.8. The van der Waals surface area contributed by atoms with Crippen molar-refractivity contribution in [2.45, 2.75) is 108 Å². The highest BCUT2D eigenvalue weighted by molar-refractivity contribution is 8.00. The predicted octanol–water partition coefficient (Wildman–Crippen LogP) is 4.70. The highest BCUT2D eigenvalue weighted by Crippen LogP contribution is 2.32. The Morgan fingerprint density at radius 2 is 1.36 bits per heavy atom. The molecule has 0 spiro atoms. The summed E-state index contributed by atoms with van der Waals surface area (Å²) < 4.78 is 31.8. The van der Waals surface area contributed by atoms with E-state index in [1.54, 1.807) is 11.8 Å². The van der Waals surface area contributed by atoms with E-state index in [4.69, 9.17) is 22.4 Å². The molecule has 0 aromatic heterocycles. The second-order valence-corrected chi connectivity index (χ2v) is 31.6. The molecule has 196 valence electrons. The zero-order valence-electron chi connectivity index (χ0n) is 23.2. The van der Waals surface area contributed by atoms with E-state index >= 15 is 0 Å². The molecule has 1 heterocycles. The number of esters is 1. The van der Waals surface area contributed by atoms with Gasteiger partial charge in [-0.1, -0.05) is 0 Å². The number of ether oxygens (including phenoxy) is 1. The van der Waals surface area contributed by atoms with Crippen LogP contribution in [0.15, 0.2) is 0 Å². The minimum Gasteiger partial charge on any atom is -0.468 e. The monoisotopic (exact) mass is 555 g/mol. The number of hydrogen-bond donors (Lipinski definition) is 1. The number of nitrogens with one attached hydrogen (secondary N) is 1. The molecule has 0 bridgehead atoms. The van der Waals surface area contributed by atoms with E-state index in [1.165, 1.54) is 7.11 Å². The summed E-state index contributed by atoms with van der Waals surface area (Å²) in [4.78, 5) is 12.2. The standard InChI is InChI=1S/C21H49NO6SSi4/c1-24-21(23)16-15-29-20(22-16)19(28-33(11,12)13)18(27-32(8,9)10)17(26-31(5,6)7)14-25-30(2,3)4/h16-20,22H,14-15H2,1-13H3/t16-,17+,18-,19+,20+/m0/s1. The maximum atomic E-state index is 12.2. The van der Waals surface area contributed by atoms with Gasteiger partial charge in [-0.25, -0.2) is 0 Å². The minimum atomic E-state index is -1.97. The smallest absolute Gasteiger partial charge is 0.323 e. The van der Waals surface area contributed by atoms with Crippen LogP contribution in [0.1, 0.15) is 0 Å². The van der Waals surface area contributed by atoms with E-state index in [-0.39, 0.29) is 35.7 Å². The van der Waals surface area contributed by atoms with Crippen molar-refractivity contribution in [1.29, 1.82) is 0 Å². The molecule has 33 heavy (non-hydrogen) atoms. The number of methoxy groups -OCH3 is 1. The lowest BCUT2D eigenvalue weighted by Gasteiger charge is -2.44. The summed E-state index contributed by atoms with van der Waals surface area (Å²) in [7, 11) is -6.17. The van der Waals surface area contributed by atoms with Crippen molar-refractivity contribution < 1.29 is 27.2 Å². The van der Waals surface area contributed by atoms with Gasteiger partial charge >= 0.3 is 5.97 Å². The molecular weight excluding hydrogens is 507 g/mol. The average Bonchev–Trinajstić information content (AvgIpc) is 3.07. The van der Waals surface area contributed by atoms with E-state index in [0.29, 0.717) is 12.4 Å². The van der Waals surface area contributed by atoms with Crippen LogP contribution in [-0.4, -0.2) is 88.4 Å². The summed E-state index contributed by atoms with van der Waals surface area (Å²) >= 11 is 1.70. The first-order chi connectivity index (χ1) is 14.7. The Balaban J connectivity index is 3.41. The molecule has 1 N–H and O–H groups in total. The van der Waals surface area contributed by atoms with Gasteiger partial charge in [0.1, 0.15) is 6.04 Å². The molecule has 0 amide bonds. The molecule has 1 fully saturated rings. The number of carbonyl (C=O) groups is 1. The third kappa shape index (κ3) is 12.8. The normalized spacial score (nSPS) is 23.3. The van der Waals surface area contributed by atoms with Gasteiger partial charge in [-0.05, 0) is 78.6 Å². The Bertz CT molecular complexity index is 630. The largest absolute Gasteiger partial charge is 0.468 e. The third-order valence-electron chi connectivity index (χ3n) is 4.45. The van der Waals surface area contributed by atoms with Gasteiger partial charge in [0.2, 0.25) is 0 Å². The molecule has 7 nitrogen and oxygen atoms in total. The van der Waals surface area contributed by atoms with Crippen LogP contribution in [0.4, 0.5) is 0 Å². The second kappa shape index (κ2) is 12.2. The van der Waals surface area contributed by atoms with Crippen molar-refractivity contribution in [1.82, 2.24) is 5.32 Å². The number of carbonyl (C=O) groups excluding carboxylic acids is 1. The van der Waals surface area contributed by atoms with Crippen molar-refractivity contribution in [3.05, 3.63) is 0 Å². The Morgan fingerprint density at radius 3 is 1.79 bits per heavy atom. The number of rotatable bonds is 13. The molecule has 12 heteroatoms. The van der Waals surface area contributed by atoms with Crippen LogP contribution in [-0.2, 0) is 27.2 Å². The first kappa shape index (κ1) is 31.5. The summed E-state index contributed by atoms with van der Waals surface area (Å²) in [5.41, 5.74) is 0. The Labute approximate surface area is 210 Å². The van der Waals surface area contributed by atoms with Crippen LogP contribution in [0.25, 0.3) is 0 Å². The van der Waals surface area contributed by atoms with Crippen molar-refractivity contribution in [3.63, 3.8) is 0 Å². The van der Waals surface area contributed by atoms with Gasteiger partial charge in [0, 0.05) is 5.75 Å². The van der Waals surface area contributed by atoms with Crippen molar-refractivity contribution in [2.75, 3.05) is 19.5 Å². The minimum absolute atomic E-state index is 0.0956. The highest BCUT2D eigenvalue weighted by atomic mass is 32.2. The lowest BCUT2D eigenvalue weighted by molar-refractivity contribution is -0.142. The molecule has 0 unspecified atom stereocenters. The van der Waals surface area contributed by atoms with Crippen molar-refractivity contribution in [2.24, 2.45) is 0 Å². The van der Waals surface area contributed by atoms with Crippen LogP contribution < -0.4 is 5.32 Å². The maximum absolute atomic E-state index is 12.2. The maximum Gasteiger partial charge on any atom is 0.323 e. The molecule has 5 atom stereocenters. The van der Waals surface area contributed by atoms with Crippen LogP contribution >= 0.6 is 11.8 Å². The molecule has 1 saturated heterocycles. The Morgan fingerprint density at radius 1 is 0.848 bits per heavy atom. The zero-order chi connectivity index (χ0) is 25.8. The lowest BCUT2D eigenvalue weighted by atomic mass is 10.1. The third-order valence-corrected chi connectivity index (χ3v) is 9.74. The summed E-state index contributed by atoms with van der Waals surface area (Å²) in [6.45, 7) is 26.8. The second-order valence-electron chi connectivity index (χ2n) is 12.6. The highest BCUT2D eigenvalue weighted by Gasteiger charge is 2.46. The molecule has 0 aliphatic carbocycles. The Hall–Kier alpha value is 0.488. The molecule has 0 radical (unpaired) electrons. The van der Waals surface area contributed by atoms with Crippen LogP contribution in [0.2, 0.25) is 78.6 Å². The zero-order valence-corrected chi connectivity index (χ0v) is 28.0. The van der Waals surface area contributed by atoms with E-state index in [2.05, 4.69) is 83.9 Å². The summed E-state index contributed by atoms with van der Waals surface area (Å²) in [5, 5.41) is 3.37. The predicted molar refractivity (Wildman–Crippen MR) is 149 cm³/mol. The molecular formula is C21H49NO6SSi4. The molecule has 1 rings (SSSR count). The first-order valence-corrected chi connectivity index (χ1v) is 26.5.